The van der Waals surface area contributed by atoms with E-state index < -0.39 is 29.7 Å². The molecule has 0 fully saturated rings. The number of carbonyl (C=O) groups excluding carboxylic acids is 4. The minimum atomic E-state index is -1.22. The van der Waals surface area contributed by atoms with Gasteiger partial charge in [0, 0.05) is 24.0 Å². The van der Waals surface area contributed by atoms with E-state index >= 15 is 0 Å². The van der Waals surface area contributed by atoms with Crippen LogP contribution in [0.1, 0.15) is 20.7 Å². The highest BCUT2D eigenvalue weighted by Crippen LogP contribution is 2.24. The van der Waals surface area contributed by atoms with Crippen LogP contribution in [0.4, 0.5) is 11.5 Å². The molecule has 0 bridgehead atoms. The lowest BCUT2D eigenvalue weighted by Crippen LogP contribution is -2.50. The molecule has 0 saturated carbocycles. The van der Waals surface area contributed by atoms with Gasteiger partial charge in [0.1, 0.15) is 11.9 Å². The summed E-state index contributed by atoms with van der Waals surface area (Å²) in [5, 5.41) is 10.7. The summed E-state index contributed by atoms with van der Waals surface area (Å²) in [7, 11) is 1.14. The number of rotatable bonds is 10. The molecular formula is C25H23Cl2N5O5. The first-order chi connectivity index (χ1) is 17.8. The SMILES string of the molecule is COC(=O)C(CNC(=O)CNC(=O)c1cccc(Nc2ccccn2)c1)NC(=O)c1c(Cl)cccc1Cl. The van der Waals surface area contributed by atoms with Crippen molar-refractivity contribution in [1.29, 1.82) is 0 Å². The van der Waals surface area contributed by atoms with Gasteiger partial charge in [0.05, 0.1) is 29.3 Å². The predicted octanol–water partition coefficient (Wildman–Crippen LogP) is 2.95. The van der Waals surface area contributed by atoms with E-state index in [-0.39, 0.29) is 28.7 Å². The van der Waals surface area contributed by atoms with Crippen molar-refractivity contribution in [3.05, 3.63) is 88.0 Å². The predicted molar refractivity (Wildman–Crippen MR) is 139 cm³/mol. The van der Waals surface area contributed by atoms with Gasteiger partial charge in [-0.25, -0.2) is 9.78 Å². The summed E-state index contributed by atoms with van der Waals surface area (Å²) in [6, 6.07) is 15.4. The van der Waals surface area contributed by atoms with Crippen LogP contribution in [-0.2, 0) is 14.3 Å². The lowest BCUT2D eigenvalue weighted by Gasteiger charge is -2.18. The Bertz CT molecular complexity index is 1270. The number of amides is 3. The number of esters is 1. The van der Waals surface area contributed by atoms with Crippen molar-refractivity contribution in [2.24, 2.45) is 0 Å². The number of ether oxygens (including phenoxy) is 1. The van der Waals surface area contributed by atoms with Crippen molar-refractivity contribution in [2.45, 2.75) is 6.04 Å². The maximum absolute atomic E-state index is 12.6. The Labute approximate surface area is 222 Å². The molecule has 0 aliphatic heterocycles. The largest absolute Gasteiger partial charge is 0.467 e. The first kappa shape index (κ1) is 27.4. The maximum atomic E-state index is 12.6. The van der Waals surface area contributed by atoms with Gasteiger partial charge in [0.2, 0.25) is 5.91 Å². The molecule has 3 amide bonds. The summed E-state index contributed by atoms with van der Waals surface area (Å²) in [6.07, 6.45) is 1.64. The highest BCUT2D eigenvalue weighted by molar-refractivity contribution is 6.39. The zero-order valence-corrected chi connectivity index (χ0v) is 21.1. The summed E-state index contributed by atoms with van der Waals surface area (Å²) < 4.78 is 4.70. The standard InChI is InChI=1S/C25H23Cl2N5O5/c1-37-25(36)19(32-24(35)22-17(26)8-5-9-18(22)27)13-29-21(33)14-30-23(34)15-6-4-7-16(12-15)31-20-10-2-3-11-28-20/h2-12,19H,13-14H2,1H3,(H,28,31)(H,29,33)(H,30,34)(H,32,35). The first-order valence-electron chi connectivity index (χ1n) is 10.9. The molecule has 1 heterocycles. The number of halogens is 2. The van der Waals surface area contributed by atoms with Gasteiger partial charge >= 0.3 is 5.97 Å². The number of methoxy groups -OCH3 is 1. The highest BCUT2D eigenvalue weighted by atomic mass is 35.5. The third-order valence-electron chi connectivity index (χ3n) is 4.96. The molecule has 0 aliphatic rings. The van der Waals surface area contributed by atoms with Gasteiger partial charge in [0.25, 0.3) is 11.8 Å². The quantitative estimate of drug-likeness (QED) is 0.288. The smallest absolute Gasteiger partial charge is 0.330 e. The van der Waals surface area contributed by atoms with Crippen LogP contribution in [0.2, 0.25) is 10.0 Å². The minimum Gasteiger partial charge on any atom is -0.467 e. The van der Waals surface area contributed by atoms with Crippen LogP contribution < -0.4 is 21.3 Å². The van der Waals surface area contributed by atoms with E-state index in [1.165, 1.54) is 12.1 Å². The summed E-state index contributed by atoms with van der Waals surface area (Å²) in [6.45, 7) is -0.659. The third kappa shape index (κ3) is 7.92. The van der Waals surface area contributed by atoms with Gasteiger partial charge in [-0.2, -0.15) is 0 Å². The second-order valence-electron chi connectivity index (χ2n) is 7.55. The van der Waals surface area contributed by atoms with E-state index in [9.17, 15) is 19.2 Å². The normalized spacial score (nSPS) is 11.1. The van der Waals surface area contributed by atoms with Crippen molar-refractivity contribution >= 4 is 58.4 Å². The molecule has 0 spiro atoms. The molecule has 37 heavy (non-hydrogen) atoms. The van der Waals surface area contributed by atoms with Gasteiger partial charge in [-0.15, -0.1) is 0 Å². The molecule has 4 N–H and O–H groups in total. The van der Waals surface area contributed by atoms with Crippen LogP contribution in [0.15, 0.2) is 66.9 Å². The molecule has 10 nitrogen and oxygen atoms in total. The van der Waals surface area contributed by atoms with Crippen LogP contribution in [0, 0.1) is 0 Å². The van der Waals surface area contributed by atoms with E-state index in [1.807, 2.05) is 6.07 Å². The molecule has 0 saturated heterocycles. The van der Waals surface area contributed by atoms with Crippen molar-refractivity contribution in [1.82, 2.24) is 20.9 Å². The number of nitrogens with zero attached hydrogens (tertiary/aromatic N) is 1. The summed E-state index contributed by atoms with van der Waals surface area (Å²) in [5.74, 6) is -1.96. The highest BCUT2D eigenvalue weighted by Gasteiger charge is 2.25. The molecule has 3 rings (SSSR count). The average Bonchev–Trinajstić information content (AvgIpc) is 2.89. The lowest BCUT2D eigenvalue weighted by molar-refractivity contribution is -0.142. The van der Waals surface area contributed by atoms with Crippen LogP contribution in [0.5, 0.6) is 0 Å². The fourth-order valence-electron chi connectivity index (χ4n) is 3.14. The number of pyridine rings is 1. The van der Waals surface area contributed by atoms with Crippen molar-refractivity contribution in [2.75, 3.05) is 25.5 Å². The fraction of sp³-hybridized carbons (Fsp3) is 0.160. The van der Waals surface area contributed by atoms with E-state index in [0.717, 1.165) is 7.11 Å². The molecule has 0 radical (unpaired) electrons. The van der Waals surface area contributed by atoms with E-state index in [0.29, 0.717) is 17.1 Å². The third-order valence-corrected chi connectivity index (χ3v) is 5.59. The Balaban J connectivity index is 1.53. The summed E-state index contributed by atoms with van der Waals surface area (Å²) >= 11 is 12.1. The van der Waals surface area contributed by atoms with E-state index in [4.69, 9.17) is 27.9 Å². The summed E-state index contributed by atoms with van der Waals surface area (Å²) in [4.78, 5) is 53.8. The second kappa shape index (κ2) is 13.2. The molecule has 2 aromatic carbocycles. The number of hydrogen-bond acceptors (Lipinski definition) is 7. The summed E-state index contributed by atoms with van der Waals surface area (Å²) in [5.41, 5.74) is 0.953. The number of hydrogen-bond donors (Lipinski definition) is 4. The zero-order valence-electron chi connectivity index (χ0n) is 19.6. The van der Waals surface area contributed by atoms with Crippen molar-refractivity contribution in [3.63, 3.8) is 0 Å². The topological polar surface area (TPSA) is 139 Å². The molecule has 3 aromatic rings. The van der Waals surface area contributed by atoms with Crippen LogP contribution in [-0.4, -0.2) is 54.9 Å². The Morgan fingerprint density at radius 2 is 1.65 bits per heavy atom. The lowest BCUT2D eigenvalue weighted by atomic mass is 10.2. The number of benzene rings is 2. The van der Waals surface area contributed by atoms with E-state index in [2.05, 4.69) is 26.3 Å². The van der Waals surface area contributed by atoms with Gasteiger partial charge in [-0.05, 0) is 42.5 Å². The molecule has 1 unspecified atom stereocenters. The number of carbonyl (C=O) groups is 4. The Morgan fingerprint density at radius 3 is 2.32 bits per heavy atom. The van der Waals surface area contributed by atoms with Crippen LogP contribution in [0.3, 0.4) is 0 Å². The minimum absolute atomic E-state index is 0.0157. The maximum Gasteiger partial charge on any atom is 0.330 e. The first-order valence-corrected chi connectivity index (χ1v) is 11.7. The molecule has 1 aromatic heterocycles. The molecule has 192 valence electrons. The zero-order chi connectivity index (χ0) is 26.8. The van der Waals surface area contributed by atoms with Crippen LogP contribution in [0.25, 0.3) is 0 Å². The molecular weight excluding hydrogens is 521 g/mol. The Kier molecular flexibility index (Phi) is 9.82. The molecule has 0 aliphatic carbocycles. The monoisotopic (exact) mass is 543 g/mol. The fourth-order valence-corrected chi connectivity index (χ4v) is 3.71. The van der Waals surface area contributed by atoms with Gasteiger partial charge in [0.15, 0.2) is 0 Å². The van der Waals surface area contributed by atoms with Crippen molar-refractivity contribution in [3.8, 4) is 0 Å². The number of nitrogens with one attached hydrogen (secondary N) is 4. The van der Waals surface area contributed by atoms with Crippen molar-refractivity contribution < 1.29 is 23.9 Å². The molecule has 1 atom stereocenters. The van der Waals surface area contributed by atoms with E-state index in [1.54, 1.807) is 48.7 Å². The van der Waals surface area contributed by atoms with Gasteiger partial charge in [-0.3, -0.25) is 14.4 Å². The molecule has 12 heteroatoms. The number of anilines is 2. The second-order valence-corrected chi connectivity index (χ2v) is 8.37. The Hall–Kier alpha value is -4.15. The number of aromatic nitrogens is 1. The Morgan fingerprint density at radius 1 is 0.919 bits per heavy atom. The van der Waals surface area contributed by atoms with Crippen LogP contribution >= 0.6 is 23.2 Å². The van der Waals surface area contributed by atoms with Gasteiger partial charge < -0.3 is 26.0 Å². The van der Waals surface area contributed by atoms with Gasteiger partial charge in [-0.1, -0.05) is 41.4 Å². The average molecular weight is 544 g/mol.